The summed E-state index contributed by atoms with van der Waals surface area (Å²) in [6, 6.07) is 14.4. The molecule has 108 valence electrons. The van der Waals surface area contributed by atoms with Crippen LogP contribution >= 0.6 is 11.6 Å². The largest absolute Gasteiger partial charge is 0.324 e. The van der Waals surface area contributed by atoms with Crippen LogP contribution in [-0.4, -0.2) is 9.78 Å². The van der Waals surface area contributed by atoms with Gasteiger partial charge in [0, 0.05) is 18.7 Å². The monoisotopic (exact) mass is 299 g/mol. The molecular formula is C17H18ClN3. The van der Waals surface area contributed by atoms with Gasteiger partial charge in [-0.1, -0.05) is 54.1 Å². The molecule has 3 aromatic rings. The standard InChI is InChI=1S/C17H18ClN3/c1-11-15(17(18)21(2)20-11)10-16(19)14-9-5-7-12-6-3-4-8-13(12)14/h3-9,16H,10,19H2,1-2H3. The predicted molar refractivity (Wildman–Crippen MR) is 87.5 cm³/mol. The number of hydrogen-bond donors (Lipinski definition) is 1. The first-order valence-electron chi connectivity index (χ1n) is 6.99. The summed E-state index contributed by atoms with van der Waals surface area (Å²) < 4.78 is 1.70. The van der Waals surface area contributed by atoms with Crippen molar-refractivity contribution in [3.63, 3.8) is 0 Å². The number of halogens is 1. The van der Waals surface area contributed by atoms with Gasteiger partial charge in [0.1, 0.15) is 5.15 Å². The van der Waals surface area contributed by atoms with E-state index >= 15 is 0 Å². The average Bonchev–Trinajstić information content (AvgIpc) is 2.73. The predicted octanol–water partition coefficient (Wildman–Crippen LogP) is 3.78. The Labute approximate surface area is 129 Å². The molecule has 0 bridgehead atoms. The summed E-state index contributed by atoms with van der Waals surface area (Å²) in [5.41, 5.74) is 9.56. The SMILES string of the molecule is Cc1nn(C)c(Cl)c1CC(N)c1cccc2ccccc12. The molecule has 1 heterocycles. The second-order valence-electron chi connectivity index (χ2n) is 5.36. The molecule has 0 saturated heterocycles. The van der Waals surface area contributed by atoms with E-state index in [1.807, 2.05) is 26.1 Å². The van der Waals surface area contributed by atoms with Crippen LogP contribution in [-0.2, 0) is 13.5 Å². The number of nitrogens with two attached hydrogens (primary N) is 1. The Kier molecular flexibility index (Phi) is 3.70. The fraction of sp³-hybridized carbons (Fsp3) is 0.235. The maximum absolute atomic E-state index is 6.44. The lowest BCUT2D eigenvalue weighted by molar-refractivity contribution is 0.724. The van der Waals surface area contributed by atoms with Crippen LogP contribution in [0.15, 0.2) is 42.5 Å². The molecule has 3 nitrogen and oxygen atoms in total. The van der Waals surface area contributed by atoms with Crippen molar-refractivity contribution in [1.29, 1.82) is 0 Å². The smallest absolute Gasteiger partial charge is 0.130 e. The zero-order chi connectivity index (χ0) is 15.0. The van der Waals surface area contributed by atoms with Crippen LogP contribution in [0.25, 0.3) is 10.8 Å². The zero-order valence-corrected chi connectivity index (χ0v) is 12.9. The second kappa shape index (κ2) is 5.51. The quantitative estimate of drug-likeness (QED) is 0.800. The lowest BCUT2D eigenvalue weighted by atomic mass is 9.95. The molecule has 0 aliphatic carbocycles. The number of aryl methyl sites for hydroxylation is 2. The van der Waals surface area contributed by atoms with Crippen molar-refractivity contribution in [3.05, 3.63) is 64.4 Å². The van der Waals surface area contributed by atoms with Gasteiger partial charge in [-0.15, -0.1) is 0 Å². The lowest BCUT2D eigenvalue weighted by Gasteiger charge is -2.15. The minimum Gasteiger partial charge on any atom is -0.324 e. The molecule has 0 aliphatic heterocycles. The Hall–Kier alpha value is -1.84. The molecule has 3 rings (SSSR count). The van der Waals surface area contributed by atoms with Crippen LogP contribution in [0, 0.1) is 6.92 Å². The third-order valence-corrected chi connectivity index (χ3v) is 4.39. The maximum atomic E-state index is 6.44. The fourth-order valence-corrected chi connectivity index (χ4v) is 3.06. The molecule has 1 atom stereocenters. The van der Waals surface area contributed by atoms with E-state index < -0.39 is 0 Å². The molecule has 0 amide bonds. The number of benzene rings is 2. The second-order valence-corrected chi connectivity index (χ2v) is 5.72. The molecule has 0 radical (unpaired) electrons. The molecule has 0 spiro atoms. The van der Waals surface area contributed by atoms with Crippen molar-refractivity contribution in [2.45, 2.75) is 19.4 Å². The van der Waals surface area contributed by atoms with Gasteiger partial charge < -0.3 is 5.73 Å². The van der Waals surface area contributed by atoms with E-state index in [-0.39, 0.29) is 6.04 Å². The highest BCUT2D eigenvalue weighted by atomic mass is 35.5. The molecule has 1 aromatic heterocycles. The number of fused-ring (bicyclic) bond motifs is 1. The Morgan fingerprint density at radius 3 is 2.62 bits per heavy atom. The molecule has 2 aromatic carbocycles. The first-order chi connectivity index (χ1) is 10.1. The van der Waals surface area contributed by atoms with Crippen molar-refractivity contribution < 1.29 is 0 Å². The minimum absolute atomic E-state index is 0.100. The van der Waals surface area contributed by atoms with Crippen LogP contribution in [0.2, 0.25) is 5.15 Å². The fourth-order valence-electron chi connectivity index (χ4n) is 2.81. The number of rotatable bonds is 3. The summed E-state index contributed by atoms with van der Waals surface area (Å²) in [7, 11) is 1.85. The van der Waals surface area contributed by atoms with Crippen LogP contribution in [0.4, 0.5) is 0 Å². The van der Waals surface area contributed by atoms with Gasteiger partial charge in [-0.3, -0.25) is 4.68 Å². The highest BCUT2D eigenvalue weighted by molar-refractivity contribution is 6.30. The minimum atomic E-state index is -0.100. The summed E-state index contributed by atoms with van der Waals surface area (Å²) in [6.07, 6.45) is 0.687. The van der Waals surface area contributed by atoms with Gasteiger partial charge in [0.2, 0.25) is 0 Å². The van der Waals surface area contributed by atoms with Crippen molar-refractivity contribution >= 4 is 22.4 Å². The van der Waals surface area contributed by atoms with Gasteiger partial charge in [-0.2, -0.15) is 5.10 Å². The molecular weight excluding hydrogens is 282 g/mol. The first-order valence-corrected chi connectivity index (χ1v) is 7.37. The van der Waals surface area contributed by atoms with Gasteiger partial charge in [0.05, 0.1) is 5.69 Å². The van der Waals surface area contributed by atoms with E-state index in [4.69, 9.17) is 17.3 Å². The zero-order valence-electron chi connectivity index (χ0n) is 12.2. The van der Waals surface area contributed by atoms with E-state index in [0.717, 1.165) is 16.8 Å². The van der Waals surface area contributed by atoms with Gasteiger partial charge >= 0.3 is 0 Å². The Bertz CT molecular complexity index is 787. The van der Waals surface area contributed by atoms with E-state index in [0.29, 0.717) is 11.6 Å². The normalized spacial score (nSPS) is 12.8. The highest BCUT2D eigenvalue weighted by Gasteiger charge is 2.17. The third-order valence-electron chi connectivity index (χ3n) is 3.92. The van der Waals surface area contributed by atoms with E-state index in [1.54, 1.807) is 4.68 Å². The lowest BCUT2D eigenvalue weighted by Crippen LogP contribution is -2.14. The molecule has 0 fully saturated rings. The Morgan fingerprint density at radius 1 is 1.19 bits per heavy atom. The molecule has 4 heteroatoms. The summed E-state index contributed by atoms with van der Waals surface area (Å²) in [5, 5.41) is 7.43. The van der Waals surface area contributed by atoms with Crippen molar-refractivity contribution in [2.24, 2.45) is 12.8 Å². The van der Waals surface area contributed by atoms with E-state index in [1.165, 1.54) is 10.8 Å². The van der Waals surface area contributed by atoms with Gasteiger partial charge in [-0.25, -0.2) is 0 Å². The molecule has 0 saturated carbocycles. The molecule has 1 unspecified atom stereocenters. The first kappa shape index (κ1) is 14.1. The van der Waals surface area contributed by atoms with Crippen molar-refractivity contribution in [2.75, 3.05) is 0 Å². The average molecular weight is 300 g/mol. The van der Waals surface area contributed by atoms with Gasteiger partial charge in [0.15, 0.2) is 0 Å². The van der Waals surface area contributed by atoms with E-state index in [9.17, 15) is 0 Å². The highest BCUT2D eigenvalue weighted by Crippen LogP contribution is 2.28. The number of nitrogens with zero attached hydrogens (tertiary/aromatic N) is 2. The van der Waals surface area contributed by atoms with Gasteiger partial charge in [-0.05, 0) is 29.7 Å². The maximum Gasteiger partial charge on any atom is 0.130 e. The Morgan fingerprint density at radius 2 is 1.90 bits per heavy atom. The summed E-state index contributed by atoms with van der Waals surface area (Å²) in [6.45, 7) is 1.97. The topological polar surface area (TPSA) is 43.8 Å². The summed E-state index contributed by atoms with van der Waals surface area (Å²) in [5.74, 6) is 0. The number of hydrogen-bond acceptors (Lipinski definition) is 2. The molecule has 2 N–H and O–H groups in total. The van der Waals surface area contributed by atoms with Crippen LogP contribution < -0.4 is 5.73 Å². The number of aromatic nitrogens is 2. The van der Waals surface area contributed by atoms with Gasteiger partial charge in [0.25, 0.3) is 0 Å². The molecule has 21 heavy (non-hydrogen) atoms. The Balaban J connectivity index is 1.99. The van der Waals surface area contributed by atoms with Crippen LogP contribution in [0.5, 0.6) is 0 Å². The van der Waals surface area contributed by atoms with Crippen molar-refractivity contribution in [1.82, 2.24) is 9.78 Å². The molecule has 0 aliphatic rings. The van der Waals surface area contributed by atoms with Crippen molar-refractivity contribution in [3.8, 4) is 0 Å². The third kappa shape index (κ3) is 2.55. The van der Waals surface area contributed by atoms with Crippen LogP contribution in [0.1, 0.15) is 22.9 Å². The summed E-state index contributed by atoms with van der Waals surface area (Å²) in [4.78, 5) is 0. The summed E-state index contributed by atoms with van der Waals surface area (Å²) >= 11 is 6.31. The van der Waals surface area contributed by atoms with Crippen LogP contribution in [0.3, 0.4) is 0 Å². The van der Waals surface area contributed by atoms with E-state index in [2.05, 4.69) is 35.4 Å².